The maximum atomic E-state index is 13.6. The first-order valence-electron chi connectivity index (χ1n) is 17.3. The molecule has 4 rings (SSSR count). The third-order valence-electron chi connectivity index (χ3n) is 9.66. The van der Waals surface area contributed by atoms with Crippen molar-refractivity contribution in [2.24, 2.45) is 0 Å². The summed E-state index contributed by atoms with van der Waals surface area (Å²) in [6.07, 6.45) is 8.13. The molecule has 0 fully saturated rings. The standard InChI is InChI=1S/C38H50N2O8S2/c1-8-13-32(41)27-24-28(33(42)14-9-2)36-31(25-27)40(20-12-22-50(46,47)48)35(38(36,6)7)16-10-15-34-37(4,5)29-23-26(3)17-18-30(29)39(34)19-11-21-49(43,44)45/h10,15-18,23-25H,8-9,11-14,19-22H2,1-7H3,(H-,43,44,45,46,47,48)/p+1. The third kappa shape index (κ3) is 8.53. The summed E-state index contributed by atoms with van der Waals surface area (Å²) in [4.78, 5) is 28.8. The number of aryl methyl sites for hydroxylation is 1. The fraction of sp³-hybridized carbons (Fsp3) is 0.500. The summed E-state index contributed by atoms with van der Waals surface area (Å²) in [5.41, 5.74) is 6.12. The van der Waals surface area contributed by atoms with Crippen molar-refractivity contribution in [1.29, 1.82) is 0 Å². The van der Waals surface area contributed by atoms with E-state index in [1.54, 1.807) is 12.1 Å². The minimum Gasteiger partial charge on any atom is -0.344 e. The Morgan fingerprint density at radius 3 is 2.10 bits per heavy atom. The lowest BCUT2D eigenvalue weighted by Gasteiger charge is -2.27. The Morgan fingerprint density at radius 2 is 1.48 bits per heavy atom. The van der Waals surface area contributed by atoms with Gasteiger partial charge in [0.05, 0.1) is 16.9 Å². The maximum Gasteiger partial charge on any atom is 0.265 e. The van der Waals surface area contributed by atoms with Crippen molar-refractivity contribution in [3.8, 4) is 0 Å². The zero-order chi connectivity index (χ0) is 37.2. The van der Waals surface area contributed by atoms with Crippen LogP contribution in [0, 0.1) is 6.92 Å². The van der Waals surface area contributed by atoms with Crippen molar-refractivity contribution in [1.82, 2.24) is 0 Å². The van der Waals surface area contributed by atoms with Gasteiger partial charge in [0.25, 0.3) is 20.2 Å². The van der Waals surface area contributed by atoms with Crippen molar-refractivity contribution < 1.29 is 40.1 Å². The summed E-state index contributed by atoms with van der Waals surface area (Å²) in [7, 11) is -8.35. The topological polar surface area (TPSA) is 149 Å². The van der Waals surface area contributed by atoms with Crippen molar-refractivity contribution >= 4 is 48.9 Å². The number of anilines is 1. The minimum absolute atomic E-state index is 0.0606. The van der Waals surface area contributed by atoms with Gasteiger partial charge < -0.3 is 4.90 Å². The van der Waals surface area contributed by atoms with E-state index in [1.807, 2.05) is 69.9 Å². The highest BCUT2D eigenvalue weighted by atomic mass is 32.2. The van der Waals surface area contributed by atoms with Crippen LogP contribution in [0.1, 0.15) is 117 Å². The highest BCUT2D eigenvalue weighted by Gasteiger charge is 2.45. The Kier molecular flexibility index (Phi) is 11.8. The zero-order valence-corrected chi connectivity index (χ0v) is 31.9. The van der Waals surface area contributed by atoms with Crippen molar-refractivity contribution in [2.75, 3.05) is 29.5 Å². The molecule has 2 aliphatic rings. The number of carbonyl (C=O) groups excluding carboxylic acids is 2. The molecule has 0 amide bonds. The van der Waals surface area contributed by atoms with Crippen LogP contribution in [0.5, 0.6) is 0 Å². The molecular formula is C38H51N2O8S2+. The number of ketones is 2. The summed E-state index contributed by atoms with van der Waals surface area (Å²) in [6, 6.07) is 9.69. The van der Waals surface area contributed by atoms with Crippen LogP contribution in [0.4, 0.5) is 11.4 Å². The fourth-order valence-electron chi connectivity index (χ4n) is 7.32. The molecule has 0 bridgehead atoms. The predicted molar refractivity (Wildman–Crippen MR) is 199 cm³/mol. The second-order valence-electron chi connectivity index (χ2n) is 14.4. The van der Waals surface area contributed by atoms with Gasteiger partial charge in [-0.05, 0) is 69.9 Å². The molecular weight excluding hydrogens is 677 g/mol. The molecule has 0 aliphatic carbocycles. The van der Waals surface area contributed by atoms with E-state index >= 15 is 0 Å². The van der Waals surface area contributed by atoms with Crippen LogP contribution in [-0.2, 0) is 31.1 Å². The van der Waals surface area contributed by atoms with E-state index in [4.69, 9.17) is 0 Å². The molecule has 0 radical (unpaired) electrons. The second-order valence-corrected chi connectivity index (χ2v) is 17.6. The molecule has 0 saturated heterocycles. The first-order chi connectivity index (χ1) is 23.2. The number of hydrogen-bond acceptors (Lipinski definition) is 7. The molecule has 0 unspecified atom stereocenters. The number of rotatable bonds is 16. The summed E-state index contributed by atoms with van der Waals surface area (Å²) < 4.78 is 67.5. The van der Waals surface area contributed by atoms with Crippen LogP contribution in [-0.4, -0.2) is 72.4 Å². The van der Waals surface area contributed by atoms with E-state index in [1.165, 1.54) is 0 Å². The lowest BCUT2D eigenvalue weighted by atomic mass is 9.78. The number of allylic oxidation sites excluding steroid dienone is 4. The monoisotopic (exact) mass is 727 g/mol. The Morgan fingerprint density at radius 1 is 0.860 bits per heavy atom. The molecule has 50 heavy (non-hydrogen) atoms. The van der Waals surface area contributed by atoms with E-state index < -0.39 is 36.8 Å². The number of Topliss-reactive ketones (excluding diaryl/α,β-unsaturated/α-hetero) is 2. The van der Waals surface area contributed by atoms with Gasteiger partial charge >= 0.3 is 0 Å². The van der Waals surface area contributed by atoms with Crippen molar-refractivity contribution in [3.63, 3.8) is 0 Å². The molecule has 2 aromatic rings. The molecule has 2 heterocycles. The number of fused-ring (bicyclic) bond motifs is 2. The highest BCUT2D eigenvalue weighted by molar-refractivity contribution is 7.86. The predicted octanol–water partition coefficient (Wildman–Crippen LogP) is 7.13. The van der Waals surface area contributed by atoms with Crippen LogP contribution in [0.3, 0.4) is 0 Å². The number of hydrogen-bond donors (Lipinski definition) is 2. The van der Waals surface area contributed by atoms with Gasteiger partial charge in [0.2, 0.25) is 5.69 Å². The maximum absolute atomic E-state index is 13.6. The Labute approximate surface area is 297 Å². The molecule has 2 N–H and O–H groups in total. The highest BCUT2D eigenvalue weighted by Crippen LogP contribution is 2.50. The molecule has 0 saturated carbocycles. The minimum atomic E-state index is -4.22. The van der Waals surface area contributed by atoms with Crippen molar-refractivity contribution in [3.05, 3.63) is 82.1 Å². The summed E-state index contributed by atoms with van der Waals surface area (Å²) >= 11 is 0. The van der Waals surface area contributed by atoms with Gasteiger partial charge in [0, 0.05) is 71.4 Å². The van der Waals surface area contributed by atoms with E-state index in [-0.39, 0.29) is 36.7 Å². The lowest BCUT2D eigenvalue weighted by Crippen LogP contribution is -2.29. The van der Waals surface area contributed by atoms with Gasteiger partial charge in [0.15, 0.2) is 17.3 Å². The molecule has 10 nitrogen and oxygen atoms in total. The SMILES string of the molecule is CCCC(=O)c1cc(C(=O)CCC)c2c(c1)N(CCCS(=O)(=O)O)C(=CC=CC1=[N+](CCCS(=O)(=O)O)c3ccc(C)cc3C1(C)C)C2(C)C. The molecule has 0 aromatic heterocycles. The smallest absolute Gasteiger partial charge is 0.265 e. The summed E-state index contributed by atoms with van der Waals surface area (Å²) in [5, 5.41) is 0. The van der Waals surface area contributed by atoms with Gasteiger partial charge in [-0.15, -0.1) is 0 Å². The number of nitrogens with zero attached hydrogens (tertiary/aromatic N) is 2. The Balaban J connectivity index is 1.88. The van der Waals surface area contributed by atoms with E-state index in [0.717, 1.165) is 33.8 Å². The second kappa shape index (κ2) is 15.0. The molecule has 2 aromatic carbocycles. The van der Waals surface area contributed by atoms with Gasteiger partial charge in [-0.3, -0.25) is 18.7 Å². The van der Waals surface area contributed by atoms with E-state index in [2.05, 4.69) is 24.5 Å². The summed E-state index contributed by atoms with van der Waals surface area (Å²) in [6.45, 7) is 14.7. The quantitative estimate of drug-likeness (QED) is 0.105. The first-order valence-corrected chi connectivity index (χ1v) is 20.5. The van der Waals surface area contributed by atoms with Crippen LogP contribution in [0.15, 0.2) is 54.3 Å². The average molecular weight is 728 g/mol. The van der Waals surface area contributed by atoms with Gasteiger partial charge in [-0.25, -0.2) is 0 Å². The van der Waals surface area contributed by atoms with Crippen LogP contribution in [0.25, 0.3) is 0 Å². The number of carbonyl (C=O) groups is 2. The Hall–Kier alpha value is -3.45. The molecule has 272 valence electrons. The van der Waals surface area contributed by atoms with Crippen LogP contribution in [0.2, 0.25) is 0 Å². The largest absolute Gasteiger partial charge is 0.344 e. The van der Waals surface area contributed by atoms with E-state index in [0.29, 0.717) is 49.0 Å². The Bertz CT molecular complexity index is 1990. The molecule has 12 heteroatoms. The van der Waals surface area contributed by atoms with Crippen LogP contribution >= 0.6 is 0 Å². The third-order valence-corrected chi connectivity index (χ3v) is 11.3. The van der Waals surface area contributed by atoms with Crippen LogP contribution < -0.4 is 4.90 Å². The summed E-state index contributed by atoms with van der Waals surface area (Å²) in [5.74, 6) is -0.938. The lowest BCUT2D eigenvalue weighted by molar-refractivity contribution is -0.437. The molecule has 0 atom stereocenters. The molecule has 2 aliphatic heterocycles. The van der Waals surface area contributed by atoms with Gasteiger partial charge in [0.1, 0.15) is 6.54 Å². The van der Waals surface area contributed by atoms with Gasteiger partial charge in [-0.2, -0.15) is 21.4 Å². The molecule has 0 spiro atoms. The van der Waals surface area contributed by atoms with E-state index in [9.17, 15) is 35.5 Å². The zero-order valence-electron chi connectivity index (χ0n) is 30.2. The fourth-order valence-corrected chi connectivity index (χ4v) is 8.30. The first kappa shape index (κ1) is 39.3. The normalized spacial score (nSPS) is 17.5. The average Bonchev–Trinajstić information content (AvgIpc) is 3.34. The van der Waals surface area contributed by atoms with Gasteiger partial charge in [-0.1, -0.05) is 45.4 Å². The number of benzene rings is 2. The van der Waals surface area contributed by atoms with Crippen molar-refractivity contribution in [2.45, 2.75) is 97.8 Å².